The fourth-order valence-electron chi connectivity index (χ4n) is 3.23. The summed E-state index contributed by atoms with van der Waals surface area (Å²) in [5.74, 6) is 1.28. The third-order valence-corrected chi connectivity index (χ3v) is 7.06. The summed E-state index contributed by atoms with van der Waals surface area (Å²) in [7, 11) is -2.24. The third kappa shape index (κ3) is 6.15. The van der Waals surface area contributed by atoms with Gasteiger partial charge in [-0.1, -0.05) is 29.8 Å². The van der Waals surface area contributed by atoms with E-state index in [-0.39, 0.29) is 10.8 Å². The second-order valence-electron chi connectivity index (χ2n) is 7.44. The van der Waals surface area contributed by atoms with E-state index in [1.54, 1.807) is 29.8 Å². The van der Waals surface area contributed by atoms with Crippen LogP contribution in [0.15, 0.2) is 47.4 Å². The number of rotatable bonds is 9. The number of carbonyl (C=O) groups excluding carboxylic acids is 1. The minimum Gasteiger partial charge on any atom is -0.486 e. The lowest BCUT2D eigenvalue weighted by molar-refractivity contribution is -0.132. The molecule has 0 spiro atoms. The highest BCUT2D eigenvalue weighted by Gasteiger charge is 2.28. The van der Waals surface area contributed by atoms with E-state index in [1.807, 2.05) is 37.4 Å². The van der Waals surface area contributed by atoms with Gasteiger partial charge in [0.05, 0.1) is 4.90 Å². The van der Waals surface area contributed by atoms with Gasteiger partial charge in [0, 0.05) is 19.7 Å². The monoisotopic (exact) mass is 464 g/mol. The van der Waals surface area contributed by atoms with E-state index in [0.29, 0.717) is 43.4 Å². The van der Waals surface area contributed by atoms with Crippen LogP contribution in [0.2, 0.25) is 0 Å². The van der Waals surface area contributed by atoms with Crippen molar-refractivity contribution in [1.82, 2.24) is 9.62 Å². The molecule has 0 fully saturated rings. The molecule has 31 heavy (non-hydrogen) atoms. The topological polar surface area (TPSA) is 84.9 Å². The van der Waals surface area contributed by atoms with E-state index in [1.165, 1.54) is 12.1 Å². The van der Waals surface area contributed by atoms with Crippen molar-refractivity contribution < 1.29 is 22.7 Å². The van der Waals surface area contributed by atoms with E-state index in [9.17, 15) is 13.2 Å². The van der Waals surface area contributed by atoms with Crippen LogP contribution in [0.4, 0.5) is 0 Å². The van der Waals surface area contributed by atoms with Crippen molar-refractivity contribution in [3.05, 3.63) is 53.6 Å². The zero-order chi connectivity index (χ0) is 22.4. The molecule has 1 amide bonds. The number of sulfonamides is 1. The molecule has 9 heteroatoms. The fourth-order valence-corrected chi connectivity index (χ4v) is 4.94. The summed E-state index contributed by atoms with van der Waals surface area (Å²) in [5, 5.41) is 0. The number of likely N-dealkylation sites (N-methyl/N-ethyl adjacent to an activating group) is 1. The molecule has 1 heterocycles. The Hall–Kier alpha value is -2.23. The van der Waals surface area contributed by atoms with Crippen molar-refractivity contribution in [3.8, 4) is 11.5 Å². The lowest BCUT2D eigenvalue weighted by atomic mass is 10.1. The number of thioether (sulfide) groups is 1. The molecule has 3 rings (SSSR count). The summed E-state index contributed by atoms with van der Waals surface area (Å²) in [6, 6.07) is 11.5. The van der Waals surface area contributed by atoms with Crippen LogP contribution >= 0.6 is 11.8 Å². The van der Waals surface area contributed by atoms with Crippen LogP contribution in [-0.4, -0.2) is 57.5 Å². The first-order chi connectivity index (χ1) is 14.8. The quantitative estimate of drug-likeness (QED) is 0.614. The Balaban J connectivity index is 1.76. The first-order valence-electron chi connectivity index (χ1n) is 10.0. The van der Waals surface area contributed by atoms with Gasteiger partial charge in [-0.25, -0.2) is 8.42 Å². The van der Waals surface area contributed by atoms with Crippen molar-refractivity contribution in [2.75, 3.05) is 32.3 Å². The molecule has 2 aromatic carbocycles. The number of fused-ring (bicyclic) bond motifs is 1. The summed E-state index contributed by atoms with van der Waals surface area (Å²) >= 11 is 1.56. The fraction of sp³-hybridized carbons (Fsp3) is 0.409. The van der Waals surface area contributed by atoms with Crippen LogP contribution in [0.3, 0.4) is 0 Å². The number of hydrogen-bond acceptors (Lipinski definition) is 6. The summed E-state index contributed by atoms with van der Waals surface area (Å²) in [6.07, 6.45) is 2.31. The van der Waals surface area contributed by atoms with Gasteiger partial charge in [-0.15, -0.1) is 0 Å². The van der Waals surface area contributed by atoms with Crippen molar-refractivity contribution in [2.45, 2.75) is 30.8 Å². The van der Waals surface area contributed by atoms with E-state index in [0.717, 1.165) is 11.1 Å². The number of benzene rings is 2. The molecule has 1 aliphatic rings. The molecule has 0 unspecified atom stereocenters. The third-order valence-electron chi connectivity index (χ3n) is 4.95. The summed E-state index contributed by atoms with van der Waals surface area (Å²) < 4.78 is 39.6. The van der Waals surface area contributed by atoms with Gasteiger partial charge in [-0.2, -0.15) is 16.5 Å². The maximum absolute atomic E-state index is 13.1. The molecule has 0 aliphatic carbocycles. The highest BCUT2D eigenvalue weighted by atomic mass is 32.2. The van der Waals surface area contributed by atoms with Gasteiger partial charge in [0.15, 0.2) is 11.5 Å². The van der Waals surface area contributed by atoms with Gasteiger partial charge in [0.1, 0.15) is 19.3 Å². The second kappa shape index (κ2) is 10.4. The van der Waals surface area contributed by atoms with Crippen LogP contribution in [0.25, 0.3) is 0 Å². The number of nitrogens with one attached hydrogen (secondary N) is 1. The first-order valence-corrected chi connectivity index (χ1v) is 12.9. The minimum absolute atomic E-state index is 0.0416. The van der Waals surface area contributed by atoms with Gasteiger partial charge in [-0.05, 0) is 43.0 Å². The number of hydrogen-bond donors (Lipinski definition) is 1. The lowest BCUT2D eigenvalue weighted by Crippen LogP contribution is -2.47. The molecule has 7 nitrogen and oxygen atoms in total. The SMILES string of the molecule is CSCC[C@@H](NS(=O)(=O)c1ccc2c(c1)OCCO2)C(=O)N(C)Cc1ccc(C)cc1. The normalized spacial score (nSPS) is 14.2. The number of aryl methyl sites for hydroxylation is 1. The molecule has 1 N–H and O–H groups in total. The average molecular weight is 465 g/mol. The Kier molecular flexibility index (Phi) is 7.85. The molecule has 1 atom stereocenters. The average Bonchev–Trinajstić information content (AvgIpc) is 2.77. The van der Waals surface area contributed by atoms with Gasteiger partial charge in [-0.3, -0.25) is 4.79 Å². The Morgan fingerprint density at radius 3 is 2.48 bits per heavy atom. The molecule has 0 bridgehead atoms. The molecule has 0 saturated heterocycles. The highest BCUT2D eigenvalue weighted by Crippen LogP contribution is 2.32. The summed E-state index contributed by atoms with van der Waals surface area (Å²) in [5.41, 5.74) is 2.13. The Morgan fingerprint density at radius 1 is 1.13 bits per heavy atom. The lowest BCUT2D eigenvalue weighted by Gasteiger charge is -2.25. The van der Waals surface area contributed by atoms with E-state index >= 15 is 0 Å². The Morgan fingerprint density at radius 2 is 1.81 bits per heavy atom. The smallest absolute Gasteiger partial charge is 0.241 e. The standard InChI is InChI=1S/C22H28N2O5S2/c1-16-4-6-17(7-5-16)15-24(2)22(25)19(10-13-30-3)23-31(26,27)18-8-9-20-21(14-18)29-12-11-28-20/h4-9,14,19,23H,10-13,15H2,1-3H3/t19-/m1/s1. The summed E-state index contributed by atoms with van der Waals surface area (Å²) in [6.45, 7) is 3.20. The van der Waals surface area contributed by atoms with Crippen molar-refractivity contribution in [2.24, 2.45) is 0 Å². The zero-order valence-electron chi connectivity index (χ0n) is 18.0. The Labute approximate surface area is 188 Å². The van der Waals surface area contributed by atoms with Crippen molar-refractivity contribution in [1.29, 1.82) is 0 Å². The molecule has 0 aromatic heterocycles. The molecular formula is C22H28N2O5S2. The van der Waals surface area contributed by atoms with Crippen LogP contribution < -0.4 is 14.2 Å². The van der Waals surface area contributed by atoms with Crippen LogP contribution in [-0.2, 0) is 21.4 Å². The molecule has 1 aliphatic heterocycles. The minimum atomic E-state index is -3.92. The van der Waals surface area contributed by atoms with Crippen LogP contribution in [0, 0.1) is 6.92 Å². The summed E-state index contributed by atoms with van der Waals surface area (Å²) in [4.78, 5) is 14.7. The van der Waals surface area contributed by atoms with E-state index in [4.69, 9.17) is 9.47 Å². The number of ether oxygens (including phenoxy) is 2. The second-order valence-corrected chi connectivity index (χ2v) is 10.1. The number of nitrogens with zero attached hydrogens (tertiary/aromatic N) is 1. The van der Waals surface area contributed by atoms with Crippen molar-refractivity contribution in [3.63, 3.8) is 0 Å². The van der Waals surface area contributed by atoms with Gasteiger partial charge in [0.2, 0.25) is 15.9 Å². The molecular weight excluding hydrogens is 436 g/mol. The van der Waals surface area contributed by atoms with Gasteiger partial charge >= 0.3 is 0 Å². The number of amides is 1. The predicted molar refractivity (Wildman–Crippen MR) is 122 cm³/mol. The first kappa shape index (κ1) is 23.4. The molecule has 0 radical (unpaired) electrons. The largest absolute Gasteiger partial charge is 0.486 e. The van der Waals surface area contributed by atoms with E-state index in [2.05, 4.69) is 4.72 Å². The number of carbonyl (C=O) groups is 1. The van der Waals surface area contributed by atoms with Gasteiger partial charge < -0.3 is 14.4 Å². The molecule has 0 saturated carbocycles. The van der Waals surface area contributed by atoms with E-state index < -0.39 is 16.1 Å². The maximum Gasteiger partial charge on any atom is 0.241 e. The Bertz CT molecular complexity index is 1010. The molecule has 168 valence electrons. The van der Waals surface area contributed by atoms with Crippen LogP contribution in [0.5, 0.6) is 11.5 Å². The maximum atomic E-state index is 13.1. The highest BCUT2D eigenvalue weighted by molar-refractivity contribution is 7.98. The zero-order valence-corrected chi connectivity index (χ0v) is 19.6. The molecule has 2 aromatic rings. The predicted octanol–water partition coefficient (Wildman–Crippen LogP) is 2.82. The van der Waals surface area contributed by atoms with Gasteiger partial charge in [0.25, 0.3) is 0 Å². The van der Waals surface area contributed by atoms with Crippen molar-refractivity contribution >= 4 is 27.7 Å². The van der Waals surface area contributed by atoms with Crippen LogP contribution in [0.1, 0.15) is 17.5 Å².